The van der Waals surface area contributed by atoms with Crippen molar-refractivity contribution in [1.82, 2.24) is 9.88 Å². The maximum atomic E-state index is 12.2. The van der Waals surface area contributed by atoms with Crippen LogP contribution in [0.1, 0.15) is 12.8 Å². The summed E-state index contributed by atoms with van der Waals surface area (Å²) >= 11 is 3.16. The highest BCUT2D eigenvalue weighted by Gasteiger charge is 2.30. The van der Waals surface area contributed by atoms with Crippen molar-refractivity contribution in [2.24, 2.45) is 0 Å². The summed E-state index contributed by atoms with van der Waals surface area (Å²) in [7, 11) is 0. The van der Waals surface area contributed by atoms with Gasteiger partial charge in [-0.2, -0.15) is 24.5 Å². The summed E-state index contributed by atoms with van der Waals surface area (Å²) in [5, 5.41) is 6.92. The Kier molecular flexibility index (Phi) is 5.09. The topological polar surface area (TPSA) is 36.4 Å². The molecule has 0 N–H and O–H groups in total. The standard InChI is InChI=1S/C15H16F3N3OS2/c16-15(17,18)3-1-13(22)20-4-6-21(7-5-20)14-19-12(10-24-14)11-2-8-23-9-11/h2,8-10H,1,3-7H2. The van der Waals surface area contributed by atoms with E-state index < -0.39 is 24.9 Å². The Hall–Kier alpha value is -1.61. The summed E-state index contributed by atoms with van der Waals surface area (Å²) in [5.74, 6) is -0.426. The van der Waals surface area contributed by atoms with E-state index in [9.17, 15) is 18.0 Å². The Labute approximate surface area is 145 Å². The highest BCUT2D eigenvalue weighted by atomic mass is 32.1. The van der Waals surface area contributed by atoms with Crippen molar-refractivity contribution >= 4 is 33.7 Å². The van der Waals surface area contributed by atoms with Gasteiger partial charge in [0.15, 0.2) is 5.13 Å². The van der Waals surface area contributed by atoms with Crippen molar-refractivity contribution in [3.05, 3.63) is 22.2 Å². The third-order valence-corrected chi connectivity index (χ3v) is 5.42. The maximum absolute atomic E-state index is 12.2. The molecule has 0 unspecified atom stereocenters. The number of amides is 1. The number of aromatic nitrogens is 1. The molecule has 0 aliphatic carbocycles. The van der Waals surface area contributed by atoms with Crippen LogP contribution >= 0.6 is 22.7 Å². The van der Waals surface area contributed by atoms with Gasteiger partial charge in [0.2, 0.25) is 5.91 Å². The first-order chi connectivity index (χ1) is 11.4. The molecule has 1 amide bonds. The third-order valence-electron chi connectivity index (χ3n) is 3.83. The molecule has 0 saturated carbocycles. The van der Waals surface area contributed by atoms with Crippen LogP contribution in [0.25, 0.3) is 11.3 Å². The van der Waals surface area contributed by atoms with Crippen molar-refractivity contribution in [3.63, 3.8) is 0 Å². The van der Waals surface area contributed by atoms with E-state index in [0.29, 0.717) is 26.2 Å². The van der Waals surface area contributed by atoms with Crippen LogP contribution in [0, 0.1) is 0 Å². The molecular formula is C15H16F3N3OS2. The van der Waals surface area contributed by atoms with Gasteiger partial charge in [0.25, 0.3) is 0 Å². The fourth-order valence-corrected chi connectivity index (χ4v) is 4.04. The molecule has 4 nitrogen and oxygen atoms in total. The molecule has 0 atom stereocenters. The monoisotopic (exact) mass is 375 g/mol. The van der Waals surface area contributed by atoms with E-state index in [1.54, 1.807) is 22.7 Å². The van der Waals surface area contributed by atoms with Gasteiger partial charge < -0.3 is 9.80 Å². The highest BCUT2D eigenvalue weighted by molar-refractivity contribution is 7.14. The van der Waals surface area contributed by atoms with Crippen molar-refractivity contribution < 1.29 is 18.0 Å². The van der Waals surface area contributed by atoms with E-state index in [1.165, 1.54) is 4.90 Å². The molecule has 1 aliphatic rings. The van der Waals surface area contributed by atoms with Gasteiger partial charge in [-0.05, 0) is 11.4 Å². The van der Waals surface area contributed by atoms with Gasteiger partial charge in [0.05, 0.1) is 12.1 Å². The van der Waals surface area contributed by atoms with Crippen LogP contribution in [0.2, 0.25) is 0 Å². The molecule has 1 aliphatic heterocycles. The number of halogens is 3. The van der Waals surface area contributed by atoms with Crippen LogP contribution in [-0.4, -0.2) is 48.1 Å². The number of alkyl halides is 3. The predicted octanol–water partition coefficient (Wildman–Crippen LogP) is 3.86. The van der Waals surface area contributed by atoms with E-state index in [1.807, 2.05) is 22.2 Å². The number of piperazine rings is 1. The number of carbonyl (C=O) groups is 1. The fourth-order valence-electron chi connectivity index (χ4n) is 2.51. The molecule has 1 fully saturated rings. The number of thiazole rings is 1. The van der Waals surface area contributed by atoms with Gasteiger partial charge in [-0.1, -0.05) is 0 Å². The second kappa shape index (κ2) is 7.10. The highest BCUT2D eigenvalue weighted by Crippen LogP contribution is 2.29. The molecule has 9 heteroatoms. The quantitative estimate of drug-likeness (QED) is 0.814. The van der Waals surface area contributed by atoms with Crippen LogP contribution in [0.15, 0.2) is 22.2 Å². The average molecular weight is 375 g/mol. The first-order valence-corrected chi connectivity index (χ1v) is 9.32. The zero-order chi connectivity index (χ0) is 17.2. The minimum absolute atomic E-state index is 0.426. The fraction of sp³-hybridized carbons (Fsp3) is 0.467. The number of hydrogen-bond donors (Lipinski definition) is 0. The smallest absolute Gasteiger partial charge is 0.345 e. The average Bonchev–Trinajstić information content (AvgIpc) is 3.23. The predicted molar refractivity (Wildman–Crippen MR) is 89.5 cm³/mol. The number of anilines is 1. The SMILES string of the molecule is O=C(CCC(F)(F)F)N1CCN(c2nc(-c3ccsc3)cs2)CC1. The summed E-state index contributed by atoms with van der Waals surface area (Å²) in [6, 6.07) is 2.01. The van der Waals surface area contributed by atoms with Crippen molar-refractivity contribution in [1.29, 1.82) is 0 Å². The van der Waals surface area contributed by atoms with E-state index >= 15 is 0 Å². The third kappa shape index (κ3) is 4.27. The number of thiophene rings is 1. The number of rotatable bonds is 4. The second-order valence-electron chi connectivity index (χ2n) is 5.51. The molecule has 2 aromatic rings. The lowest BCUT2D eigenvalue weighted by molar-refractivity contribution is -0.149. The summed E-state index contributed by atoms with van der Waals surface area (Å²) < 4.78 is 36.6. The molecule has 3 heterocycles. The lowest BCUT2D eigenvalue weighted by atomic mass is 10.2. The first-order valence-electron chi connectivity index (χ1n) is 7.50. The summed E-state index contributed by atoms with van der Waals surface area (Å²) in [4.78, 5) is 20.0. The summed E-state index contributed by atoms with van der Waals surface area (Å²) in [6.45, 7) is 2.05. The Morgan fingerprint density at radius 3 is 2.58 bits per heavy atom. The van der Waals surface area contributed by atoms with Gasteiger partial charge in [0, 0.05) is 48.9 Å². The Bertz CT molecular complexity index is 676. The molecule has 130 valence electrons. The molecule has 3 rings (SSSR count). The summed E-state index contributed by atoms with van der Waals surface area (Å²) in [5.41, 5.74) is 2.02. The molecule has 24 heavy (non-hydrogen) atoms. The van der Waals surface area contributed by atoms with Gasteiger partial charge in [0.1, 0.15) is 0 Å². The number of hydrogen-bond acceptors (Lipinski definition) is 5. The normalized spacial score (nSPS) is 15.8. The summed E-state index contributed by atoms with van der Waals surface area (Å²) in [6.07, 6.45) is -5.80. The zero-order valence-corrected chi connectivity index (χ0v) is 14.4. The van der Waals surface area contributed by atoms with Crippen LogP contribution in [0.3, 0.4) is 0 Å². The number of carbonyl (C=O) groups excluding carboxylic acids is 1. The lowest BCUT2D eigenvalue weighted by Gasteiger charge is -2.34. The van der Waals surface area contributed by atoms with Crippen molar-refractivity contribution in [2.45, 2.75) is 19.0 Å². The largest absolute Gasteiger partial charge is 0.389 e. The Morgan fingerprint density at radius 1 is 1.21 bits per heavy atom. The minimum Gasteiger partial charge on any atom is -0.345 e. The van der Waals surface area contributed by atoms with Gasteiger partial charge >= 0.3 is 6.18 Å². The van der Waals surface area contributed by atoms with E-state index in [2.05, 4.69) is 9.88 Å². The van der Waals surface area contributed by atoms with Crippen LogP contribution in [0.4, 0.5) is 18.3 Å². The number of nitrogens with zero attached hydrogens (tertiary/aromatic N) is 3. The molecule has 0 radical (unpaired) electrons. The molecule has 0 spiro atoms. The minimum atomic E-state index is -4.28. The van der Waals surface area contributed by atoms with Gasteiger partial charge in [-0.15, -0.1) is 11.3 Å². The van der Waals surface area contributed by atoms with Gasteiger partial charge in [-0.25, -0.2) is 4.98 Å². The van der Waals surface area contributed by atoms with Crippen LogP contribution in [-0.2, 0) is 4.79 Å². The van der Waals surface area contributed by atoms with Crippen molar-refractivity contribution in [3.8, 4) is 11.3 Å². The van der Waals surface area contributed by atoms with Crippen molar-refractivity contribution in [2.75, 3.05) is 31.1 Å². The van der Waals surface area contributed by atoms with Crippen LogP contribution < -0.4 is 4.90 Å². The molecule has 0 bridgehead atoms. The molecule has 2 aromatic heterocycles. The molecule has 0 aromatic carbocycles. The van der Waals surface area contributed by atoms with E-state index in [4.69, 9.17) is 0 Å². The Balaban J connectivity index is 1.53. The van der Waals surface area contributed by atoms with Gasteiger partial charge in [-0.3, -0.25) is 4.79 Å². The maximum Gasteiger partial charge on any atom is 0.389 e. The molecule has 1 saturated heterocycles. The van der Waals surface area contributed by atoms with E-state index in [-0.39, 0.29) is 0 Å². The molecular weight excluding hydrogens is 359 g/mol. The second-order valence-corrected chi connectivity index (χ2v) is 7.13. The first kappa shape index (κ1) is 17.2. The zero-order valence-electron chi connectivity index (χ0n) is 12.8. The van der Waals surface area contributed by atoms with E-state index in [0.717, 1.165) is 16.4 Å². The van der Waals surface area contributed by atoms with Crippen LogP contribution in [0.5, 0.6) is 0 Å². The Morgan fingerprint density at radius 2 is 1.96 bits per heavy atom. The lowest BCUT2D eigenvalue weighted by Crippen LogP contribution is -2.48.